The van der Waals surface area contributed by atoms with Crippen molar-refractivity contribution in [1.82, 2.24) is 15.5 Å². The predicted octanol–water partition coefficient (Wildman–Crippen LogP) is 4.47. The normalized spacial score (nSPS) is 11.3. The van der Waals surface area contributed by atoms with Gasteiger partial charge in [0.15, 0.2) is 0 Å². The van der Waals surface area contributed by atoms with Crippen molar-refractivity contribution in [2.45, 2.75) is 19.1 Å². The fourth-order valence-corrected chi connectivity index (χ4v) is 4.03. The molecule has 2 heterocycles. The highest BCUT2D eigenvalue weighted by molar-refractivity contribution is 7.99. The molecule has 3 aromatic rings. The first-order valence-electron chi connectivity index (χ1n) is 7.45. The van der Waals surface area contributed by atoms with Crippen LogP contribution >= 0.6 is 34.7 Å². The Morgan fingerprint density at radius 1 is 1.38 bits per heavy atom. The molecule has 3 rings (SSSR count). The van der Waals surface area contributed by atoms with E-state index < -0.39 is 0 Å². The van der Waals surface area contributed by atoms with E-state index in [-0.39, 0.29) is 11.7 Å². The lowest BCUT2D eigenvalue weighted by Crippen LogP contribution is -2.28. The maximum Gasteiger partial charge on any atom is 0.277 e. The maximum atomic E-state index is 11.7. The Kier molecular flexibility index (Phi) is 5.43. The largest absolute Gasteiger partial charge is 0.410 e. The molecule has 0 saturated carbocycles. The number of benzene rings is 1. The van der Waals surface area contributed by atoms with Crippen LogP contribution in [0.5, 0.6) is 0 Å². The molecule has 1 aromatic carbocycles. The fourth-order valence-electron chi connectivity index (χ4n) is 2.01. The van der Waals surface area contributed by atoms with Crippen molar-refractivity contribution in [1.29, 1.82) is 0 Å². The van der Waals surface area contributed by atoms with E-state index >= 15 is 0 Å². The number of amides is 1. The van der Waals surface area contributed by atoms with Crippen LogP contribution in [0, 0.1) is 5.92 Å². The van der Waals surface area contributed by atoms with Gasteiger partial charge in [0.05, 0.1) is 10.8 Å². The lowest BCUT2D eigenvalue weighted by Gasteiger charge is -2.05. The lowest BCUT2D eigenvalue weighted by atomic mass is 10.2. The molecule has 1 amide bonds. The fraction of sp³-hybridized carbons (Fsp3) is 0.312. The summed E-state index contributed by atoms with van der Waals surface area (Å²) in [7, 11) is 0. The minimum atomic E-state index is -0.0478. The first-order valence-corrected chi connectivity index (χ1v) is 9.63. The molecular weight excluding hydrogens is 366 g/mol. The molecule has 5 nitrogen and oxygen atoms in total. The average Bonchev–Trinajstić information content (AvgIpc) is 3.16. The zero-order valence-electron chi connectivity index (χ0n) is 13.2. The molecule has 0 aliphatic carbocycles. The zero-order valence-corrected chi connectivity index (χ0v) is 15.6. The third kappa shape index (κ3) is 3.91. The number of hydrogen-bond donors (Lipinski definition) is 1. The number of thiophene rings is 1. The molecule has 1 N–H and O–H groups in total. The number of nitrogens with zero attached hydrogens (tertiary/aromatic N) is 2. The van der Waals surface area contributed by atoms with Gasteiger partial charge in [0, 0.05) is 16.6 Å². The maximum absolute atomic E-state index is 11.7. The third-order valence-electron chi connectivity index (χ3n) is 3.17. The number of rotatable bonds is 6. The van der Waals surface area contributed by atoms with Crippen molar-refractivity contribution >= 4 is 50.7 Å². The van der Waals surface area contributed by atoms with Crippen LogP contribution in [0.25, 0.3) is 20.9 Å². The van der Waals surface area contributed by atoms with Crippen molar-refractivity contribution in [2.75, 3.05) is 12.3 Å². The van der Waals surface area contributed by atoms with Crippen LogP contribution in [0.4, 0.5) is 0 Å². The van der Waals surface area contributed by atoms with Gasteiger partial charge in [-0.3, -0.25) is 4.79 Å². The molecule has 0 radical (unpaired) electrons. The van der Waals surface area contributed by atoms with Crippen molar-refractivity contribution in [3.63, 3.8) is 0 Å². The van der Waals surface area contributed by atoms with Crippen molar-refractivity contribution < 1.29 is 9.21 Å². The van der Waals surface area contributed by atoms with Gasteiger partial charge in [-0.25, -0.2) is 0 Å². The quantitative estimate of drug-likeness (QED) is 0.638. The smallest absolute Gasteiger partial charge is 0.277 e. The van der Waals surface area contributed by atoms with Crippen molar-refractivity contribution in [2.24, 2.45) is 5.92 Å². The van der Waals surface area contributed by atoms with Crippen LogP contribution in [-0.4, -0.2) is 28.4 Å². The van der Waals surface area contributed by atoms with Crippen LogP contribution in [0.3, 0.4) is 0 Å². The summed E-state index contributed by atoms with van der Waals surface area (Å²) in [6, 6.07) is 7.86. The molecule has 0 aliphatic heterocycles. The average molecular weight is 382 g/mol. The second kappa shape index (κ2) is 7.55. The van der Waals surface area contributed by atoms with Gasteiger partial charge in [0.25, 0.3) is 11.1 Å². The summed E-state index contributed by atoms with van der Waals surface area (Å²) in [6.07, 6.45) is 0. The van der Waals surface area contributed by atoms with Crippen molar-refractivity contribution in [3.05, 3.63) is 29.3 Å². The SMILES string of the molecule is CC(C)CNC(=O)CSc1nnc(-c2sc3ccccc3c2Cl)o1. The van der Waals surface area contributed by atoms with Gasteiger partial charge in [-0.15, -0.1) is 21.5 Å². The number of fused-ring (bicyclic) bond motifs is 1. The molecule has 2 aromatic heterocycles. The summed E-state index contributed by atoms with van der Waals surface area (Å²) in [5.41, 5.74) is 0. The molecule has 126 valence electrons. The van der Waals surface area contributed by atoms with Crippen molar-refractivity contribution in [3.8, 4) is 10.8 Å². The Morgan fingerprint density at radius 3 is 2.92 bits per heavy atom. The summed E-state index contributed by atoms with van der Waals surface area (Å²) < 4.78 is 6.71. The van der Waals surface area contributed by atoms with E-state index in [1.165, 1.54) is 23.1 Å². The topological polar surface area (TPSA) is 68.0 Å². The van der Waals surface area contributed by atoms with E-state index in [9.17, 15) is 4.79 Å². The van der Waals surface area contributed by atoms with Crippen LogP contribution in [-0.2, 0) is 4.79 Å². The predicted molar refractivity (Wildman–Crippen MR) is 98.7 cm³/mol. The minimum absolute atomic E-state index is 0.0478. The highest BCUT2D eigenvalue weighted by Gasteiger charge is 2.18. The number of carbonyl (C=O) groups is 1. The summed E-state index contributed by atoms with van der Waals surface area (Å²) in [5, 5.41) is 12.8. The Hall–Kier alpha value is -1.57. The van der Waals surface area contributed by atoms with E-state index in [0.717, 1.165) is 15.0 Å². The number of nitrogens with one attached hydrogen (secondary N) is 1. The number of hydrogen-bond acceptors (Lipinski definition) is 6. The van der Waals surface area contributed by atoms with Crippen LogP contribution in [0.2, 0.25) is 5.02 Å². The monoisotopic (exact) mass is 381 g/mol. The third-order valence-corrected chi connectivity index (χ3v) is 5.65. The molecule has 0 bridgehead atoms. The molecular formula is C16H16ClN3O2S2. The van der Waals surface area contributed by atoms with Gasteiger partial charge < -0.3 is 9.73 Å². The highest BCUT2D eigenvalue weighted by Crippen LogP contribution is 2.41. The van der Waals surface area contributed by atoms with Gasteiger partial charge in [-0.2, -0.15) is 0 Å². The van der Waals surface area contributed by atoms with Crippen LogP contribution < -0.4 is 5.32 Å². The van der Waals surface area contributed by atoms with E-state index in [1.54, 1.807) is 0 Å². The second-order valence-electron chi connectivity index (χ2n) is 5.60. The minimum Gasteiger partial charge on any atom is -0.410 e. The Morgan fingerprint density at radius 2 is 2.17 bits per heavy atom. The van der Waals surface area contributed by atoms with Crippen LogP contribution in [0.1, 0.15) is 13.8 Å². The Labute approximate surface area is 152 Å². The van der Waals surface area contributed by atoms with E-state index in [0.29, 0.717) is 28.6 Å². The molecule has 0 unspecified atom stereocenters. The number of halogens is 1. The molecule has 0 aliphatic rings. The van der Waals surface area contributed by atoms with Gasteiger partial charge in [0.1, 0.15) is 4.88 Å². The van der Waals surface area contributed by atoms with E-state index in [4.69, 9.17) is 16.0 Å². The Balaban J connectivity index is 1.69. The number of carbonyl (C=O) groups excluding carboxylic acids is 1. The summed E-state index contributed by atoms with van der Waals surface area (Å²) in [5.74, 6) is 0.998. The van der Waals surface area contributed by atoms with E-state index in [1.807, 2.05) is 38.1 Å². The summed E-state index contributed by atoms with van der Waals surface area (Å²) >= 11 is 9.14. The lowest BCUT2D eigenvalue weighted by molar-refractivity contribution is -0.118. The molecule has 0 atom stereocenters. The van der Waals surface area contributed by atoms with Gasteiger partial charge in [0.2, 0.25) is 5.91 Å². The molecule has 0 saturated heterocycles. The number of aromatic nitrogens is 2. The Bertz CT molecular complexity index is 860. The van der Waals surface area contributed by atoms with Gasteiger partial charge in [-0.1, -0.05) is 55.4 Å². The molecule has 8 heteroatoms. The number of thioether (sulfide) groups is 1. The molecule has 0 fully saturated rings. The molecule has 24 heavy (non-hydrogen) atoms. The zero-order chi connectivity index (χ0) is 17.1. The first-order chi connectivity index (χ1) is 11.5. The van der Waals surface area contributed by atoms with Crippen LogP contribution in [0.15, 0.2) is 33.9 Å². The summed E-state index contributed by atoms with van der Waals surface area (Å²) in [4.78, 5) is 12.5. The van der Waals surface area contributed by atoms with Gasteiger partial charge in [-0.05, 0) is 12.0 Å². The second-order valence-corrected chi connectivity index (χ2v) is 7.96. The molecule has 0 spiro atoms. The van der Waals surface area contributed by atoms with E-state index in [2.05, 4.69) is 15.5 Å². The standard InChI is InChI=1S/C16H16ClN3O2S2/c1-9(2)7-18-12(21)8-23-16-20-19-15(22-16)14-13(17)10-5-3-4-6-11(10)24-14/h3-6,9H,7-8H2,1-2H3,(H,18,21). The van der Waals surface area contributed by atoms with Gasteiger partial charge >= 0.3 is 0 Å². The summed E-state index contributed by atoms with van der Waals surface area (Å²) in [6.45, 7) is 4.75. The first kappa shape index (κ1) is 17.3. The highest BCUT2D eigenvalue weighted by atomic mass is 35.5.